The van der Waals surface area contributed by atoms with Crippen molar-refractivity contribution in [2.24, 2.45) is 5.73 Å². The van der Waals surface area contributed by atoms with Gasteiger partial charge in [-0.25, -0.2) is 8.42 Å². The number of sulfone groups is 1. The molecular formula is C11H17NO2S. The van der Waals surface area contributed by atoms with Gasteiger partial charge in [-0.2, -0.15) is 0 Å². The summed E-state index contributed by atoms with van der Waals surface area (Å²) < 4.78 is 24.2. The first-order valence-corrected chi connectivity index (χ1v) is 6.54. The van der Waals surface area contributed by atoms with Crippen LogP contribution in [0.5, 0.6) is 0 Å². The molecule has 0 saturated carbocycles. The molecule has 1 aromatic rings. The van der Waals surface area contributed by atoms with Crippen LogP contribution < -0.4 is 5.73 Å². The van der Waals surface area contributed by atoms with Crippen molar-refractivity contribution in [3.8, 4) is 0 Å². The van der Waals surface area contributed by atoms with Crippen LogP contribution in [0, 0.1) is 6.92 Å². The first-order chi connectivity index (χ1) is 7.00. The van der Waals surface area contributed by atoms with Crippen molar-refractivity contribution in [1.29, 1.82) is 0 Å². The Hall–Kier alpha value is -0.870. The Balaban J connectivity index is 3.12. The second-order valence-electron chi connectivity index (χ2n) is 3.70. The van der Waals surface area contributed by atoms with Crippen molar-refractivity contribution in [1.82, 2.24) is 0 Å². The van der Waals surface area contributed by atoms with E-state index in [1.807, 2.05) is 19.1 Å². The normalized spacial score (nSPS) is 13.8. The molecule has 1 rings (SSSR count). The molecule has 1 aromatic carbocycles. The highest BCUT2D eigenvalue weighted by Crippen LogP contribution is 2.20. The third-order valence-electron chi connectivity index (χ3n) is 2.50. The number of hydrogen-bond donors (Lipinski definition) is 1. The molecule has 0 aromatic heterocycles. The first kappa shape index (κ1) is 12.2. The Kier molecular flexibility index (Phi) is 3.88. The molecule has 1 unspecified atom stereocenters. The molecular weight excluding hydrogens is 210 g/mol. The van der Waals surface area contributed by atoms with E-state index in [4.69, 9.17) is 5.73 Å². The summed E-state index contributed by atoms with van der Waals surface area (Å²) in [6, 6.07) is 7.04. The fourth-order valence-electron chi connectivity index (χ4n) is 1.48. The van der Waals surface area contributed by atoms with Crippen LogP contribution in [-0.4, -0.2) is 20.2 Å². The Morgan fingerprint density at radius 3 is 2.47 bits per heavy atom. The number of benzene rings is 1. The standard InChI is InChI=1S/C11H17NO2S/c1-9-5-3-4-6-11(9)15(13,14)10(2)7-8-12/h3-6,10H,7-8,12H2,1-2H3. The number of hydrogen-bond acceptors (Lipinski definition) is 3. The van der Waals surface area contributed by atoms with Crippen molar-refractivity contribution in [3.63, 3.8) is 0 Å². The second-order valence-corrected chi connectivity index (χ2v) is 6.03. The summed E-state index contributed by atoms with van der Waals surface area (Å²) in [7, 11) is -3.21. The quantitative estimate of drug-likeness (QED) is 0.848. The lowest BCUT2D eigenvalue weighted by Gasteiger charge is -2.13. The molecule has 0 aliphatic heterocycles. The number of aryl methyl sites for hydroxylation is 1. The van der Waals surface area contributed by atoms with Crippen LogP contribution >= 0.6 is 0 Å². The molecule has 0 radical (unpaired) electrons. The summed E-state index contributed by atoms with van der Waals surface area (Å²) in [4.78, 5) is 0.422. The third-order valence-corrected chi connectivity index (χ3v) is 4.87. The van der Waals surface area contributed by atoms with Gasteiger partial charge in [0.1, 0.15) is 0 Å². The molecule has 0 bridgehead atoms. The Bertz CT molecular complexity index is 426. The largest absolute Gasteiger partial charge is 0.330 e. The van der Waals surface area contributed by atoms with Crippen molar-refractivity contribution < 1.29 is 8.42 Å². The zero-order chi connectivity index (χ0) is 11.5. The van der Waals surface area contributed by atoms with E-state index < -0.39 is 15.1 Å². The fraction of sp³-hybridized carbons (Fsp3) is 0.455. The molecule has 0 fully saturated rings. The van der Waals surface area contributed by atoms with Gasteiger partial charge in [-0.05, 0) is 38.4 Å². The van der Waals surface area contributed by atoms with Gasteiger partial charge in [0.05, 0.1) is 10.1 Å². The van der Waals surface area contributed by atoms with Crippen molar-refractivity contribution in [2.75, 3.05) is 6.54 Å². The van der Waals surface area contributed by atoms with Gasteiger partial charge >= 0.3 is 0 Å². The average Bonchev–Trinajstić information content (AvgIpc) is 2.18. The van der Waals surface area contributed by atoms with E-state index in [1.54, 1.807) is 19.1 Å². The lowest BCUT2D eigenvalue weighted by molar-refractivity contribution is 0.577. The van der Waals surface area contributed by atoms with Gasteiger partial charge in [0.25, 0.3) is 0 Å². The maximum absolute atomic E-state index is 12.1. The molecule has 0 amide bonds. The summed E-state index contributed by atoms with van der Waals surface area (Å²) in [5.41, 5.74) is 6.17. The molecule has 15 heavy (non-hydrogen) atoms. The predicted molar refractivity (Wildman–Crippen MR) is 61.5 cm³/mol. The smallest absolute Gasteiger partial charge is 0.181 e. The van der Waals surface area contributed by atoms with Crippen molar-refractivity contribution in [3.05, 3.63) is 29.8 Å². The molecule has 0 spiro atoms. The van der Waals surface area contributed by atoms with E-state index in [9.17, 15) is 8.42 Å². The lowest BCUT2D eigenvalue weighted by Crippen LogP contribution is -2.22. The highest BCUT2D eigenvalue weighted by Gasteiger charge is 2.23. The van der Waals surface area contributed by atoms with Gasteiger partial charge in [0.15, 0.2) is 9.84 Å². The Morgan fingerprint density at radius 2 is 1.93 bits per heavy atom. The molecule has 0 aliphatic rings. The van der Waals surface area contributed by atoms with Gasteiger partial charge in [0, 0.05) is 0 Å². The van der Waals surface area contributed by atoms with Gasteiger partial charge in [0.2, 0.25) is 0 Å². The van der Waals surface area contributed by atoms with Crippen LogP contribution in [0.15, 0.2) is 29.2 Å². The summed E-state index contributed by atoms with van der Waals surface area (Å²) in [5.74, 6) is 0. The molecule has 4 heteroatoms. The van der Waals surface area contributed by atoms with E-state index in [2.05, 4.69) is 0 Å². The topological polar surface area (TPSA) is 60.2 Å². The number of rotatable bonds is 4. The van der Waals surface area contributed by atoms with E-state index >= 15 is 0 Å². The summed E-state index contributed by atoms with van der Waals surface area (Å²) in [5, 5.41) is -0.413. The van der Waals surface area contributed by atoms with Gasteiger partial charge in [-0.15, -0.1) is 0 Å². The van der Waals surface area contributed by atoms with Crippen LogP contribution in [0.2, 0.25) is 0 Å². The average molecular weight is 227 g/mol. The minimum atomic E-state index is -3.21. The number of nitrogens with two attached hydrogens (primary N) is 1. The minimum Gasteiger partial charge on any atom is -0.330 e. The maximum atomic E-state index is 12.1. The molecule has 0 aliphatic carbocycles. The van der Waals surface area contributed by atoms with Gasteiger partial charge in [-0.1, -0.05) is 18.2 Å². The van der Waals surface area contributed by atoms with Crippen molar-refractivity contribution >= 4 is 9.84 Å². The van der Waals surface area contributed by atoms with E-state index in [0.717, 1.165) is 5.56 Å². The van der Waals surface area contributed by atoms with E-state index in [-0.39, 0.29) is 0 Å². The third kappa shape index (κ3) is 2.58. The molecule has 0 heterocycles. The molecule has 3 nitrogen and oxygen atoms in total. The van der Waals surface area contributed by atoms with Crippen LogP contribution in [0.3, 0.4) is 0 Å². The summed E-state index contributed by atoms with van der Waals surface area (Å²) >= 11 is 0. The maximum Gasteiger partial charge on any atom is 0.181 e. The summed E-state index contributed by atoms with van der Waals surface area (Å²) in [6.45, 7) is 3.91. The molecule has 84 valence electrons. The lowest BCUT2D eigenvalue weighted by atomic mass is 10.2. The first-order valence-electron chi connectivity index (χ1n) is 4.99. The zero-order valence-corrected chi connectivity index (χ0v) is 9.92. The Labute approximate surface area is 91.2 Å². The predicted octanol–water partition coefficient (Wildman–Crippen LogP) is 1.51. The van der Waals surface area contributed by atoms with Crippen LogP contribution in [0.4, 0.5) is 0 Å². The highest BCUT2D eigenvalue weighted by molar-refractivity contribution is 7.92. The molecule has 2 N–H and O–H groups in total. The van der Waals surface area contributed by atoms with E-state index in [0.29, 0.717) is 17.9 Å². The van der Waals surface area contributed by atoms with Crippen LogP contribution in [0.25, 0.3) is 0 Å². The molecule has 0 saturated heterocycles. The van der Waals surface area contributed by atoms with E-state index in [1.165, 1.54) is 0 Å². The van der Waals surface area contributed by atoms with Crippen LogP contribution in [0.1, 0.15) is 18.9 Å². The van der Waals surface area contributed by atoms with Gasteiger partial charge < -0.3 is 5.73 Å². The zero-order valence-electron chi connectivity index (χ0n) is 9.10. The monoisotopic (exact) mass is 227 g/mol. The highest BCUT2D eigenvalue weighted by atomic mass is 32.2. The van der Waals surface area contributed by atoms with Crippen molar-refractivity contribution in [2.45, 2.75) is 30.4 Å². The summed E-state index contributed by atoms with van der Waals surface area (Å²) in [6.07, 6.45) is 0.497. The second kappa shape index (κ2) is 4.77. The minimum absolute atomic E-state index is 0.395. The van der Waals surface area contributed by atoms with Gasteiger partial charge in [-0.3, -0.25) is 0 Å². The fourth-order valence-corrected chi connectivity index (χ4v) is 3.15. The SMILES string of the molecule is Cc1ccccc1S(=O)(=O)C(C)CCN. The van der Waals surface area contributed by atoms with Crippen LogP contribution in [-0.2, 0) is 9.84 Å². The Morgan fingerprint density at radius 1 is 1.33 bits per heavy atom. The molecule has 1 atom stereocenters.